The third-order valence-corrected chi connectivity index (χ3v) is 7.07. The van der Waals surface area contributed by atoms with Crippen molar-refractivity contribution in [1.82, 2.24) is 20.3 Å². The molecule has 2 heterocycles. The van der Waals surface area contributed by atoms with Crippen LogP contribution in [0.5, 0.6) is 5.75 Å². The van der Waals surface area contributed by atoms with Crippen LogP contribution in [0.25, 0.3) is 11.1 Å². The number of rotatable bonds is 10. The summed E-state index contributed by atoms with van der Waals surface area (Å²) in [5.74, 6) is -0.481. The van der Waals surface area contributed by atoms with E-state index in [2.05, 4.69) is 15.6 Å². The normalized spacial score (nSPS) is 14.9. The number of hydrogen-bond donors (Lipinski definition) is 2. The molecule has 2 amide bonds. The van der Waals surface area contributed by atoms with Crippen LogP contribution in [0.1, 0.15) is 27.2 Å². The van der Waals surface area contributed by atoms with Crippen molar-refractivity contribution in [2.75, 3.05) is 6.61 Å². The van der Waals surface area contributed by atoms with Gasteiger partial charge in [0.05, 0.1) is 29.7 Å². The highest BCUT2D eigenvalue weighted by Gasteiger charge is 2.31. The Hall–Kier alpha value is -4.44. The first-order chi connectivity index (χ1) is 18.4. The van der Waals surface area contributed by atoms with Crippen molar-refractivity contribution in [2.24, 2.45) is 0 Å². The van der Waals surface area contributed by atoms with E-state index < -0.39 is 5.97 Å². The maximum absolute atomic E-state index is 11.7. The van der Waals surface area contributed by atoms with Crippen LogP contribution in [0, 0.1) is 0 Å². The van der Waals surface area contributed by atoms with Crippen LogP contribution in [0.3, 0.4) is 0 Å². The Labute approximate surface area is 222 Å². The number of benzene rings is 3. The number of imide groups is 1. The Morgan fingerprint density at radius 1 is 1.00 bits per heavy atom. The van der Waals surface area contributed by atoms with E-state index in [-0.39, 0.29) is 22.0 Å². The zero-order valence-electron chi connectivity index (χ0n) is 20.2. The number of carbonyl (C=O) groups excluding carboxylic acids is 2. The molecule has 1 unspecified atom stereocenters. The van der Waals surface area contributed by atoms with Gasteiger partial charge in [0, 0.05) is 12.6 Å². The van der Waals surface area contributed by atoms with Gasteiger partial charge in [-0.15, -0.1) is 5.10 Å². The summed E-state index contributed by atoms with van der Waals surface area (Å²) < 4.78 is 7.58. The number of aromatic nitrogens is 3. The van der Waals surface area contributed by atoms with Gasteiger partial charge in [-0.1, -0.05) is 71.6 Å². The highest BCUT2D eigenvalue weighted by atomic mass is 32.2. The van der Waals surface area contributed by atoms with E-state index in [0.717, 1.165) is 34.1 Å². The van der Waals surface area contributed by atoms with Crippen molar-refractivity contribution in [3.05, 3.63) is 101 Å². The van der Waals surface area contributed by atoms with E-state index in [1.807, 2.05) is 60.8 Å². The first kappa shape index (κ1) is 25.2. The molecular formula is C28H24N4O5S. The smallest absolute Gasteiger partial charge is 0.336 e. The summed E-state index contributed by atoms with van der Waals surface area (Å²) in [4.78, 5) is 34.5. The van der Waals surface area contributed by atoms with Crippen molar-refractivity contribution in [3.8, 4) is 16.9 Å². The molecule has 4 aromatic rings. The average molecular weight is 529 g/mol. The van der Waals surface area contributed by atoms with Gasteiger partial charge in [0.25, 0.3) is 5.24 Å². The second-order valence-electron chi connectivity index (χ2n) is 8.78. The first-order valence-corrected chi connectivity index (χ1v) is 12.9. The lowest BCUT2D eigenvalue weighted by Crippen LogP contribution is -2.25. The molecule has 0 bridgehead atoms. The Morgan fingerprint density at radius 3 is 2.45 bits per heavy atom. The second kappa shape index (κ2) is 11.3. The molecule has 192 valence electrons. The molecule has 0 aliphatic carbocycles. The zero-order valence-corrected chi connectivity index (χ0v) is 21.1. The monoisotopic (exact) mass is 528 g/mol. The number of hydrogen-bond acceptors (Lipinski definition) is 7. The van der Waals surface area contributed by atoms with E-state index in [0.29, 0.717) is 37.3 Å². The summed E-state index contributed by atoms with van der Waals surface area (Å²) >= 11 is 1.02. The van der Waals surface area contributed by atoms with Gasteiger partial charge in [-0.3, -0.25) is 14.9 Å². The van der Waals surface area contributed by atoms with Crippen LogP contribution in [0.15, 0.2) is 79.0 Å². The summed E-state index contributed by atoms with van der Waals surface area (Å²) in [6, 6.07) is 22.2. The standard InChI is InChI=1S/C28H24N4O5S/c33-26-25(38-28(36)29-26)15-18-7-11-22(12-8-18)37-14-13-21-17-32(31-30-21)16-19-5-9-20(10-6-19)23-3-1-2-4-24(23)27(34)35/h1-12,17,25H,13-16H2,(H,34,35)(H,29,33,36). The molecule has 0 saturated carbocycles. The molecule has 1 fully saturated rings. The van der Waals surface area contributed by atoms with Crippen molar-refractivity contribution >= 4 is 28.9 Å². The van der Waals surface area contributed by atoms with Crippen LogP contribution in [0.2, 0.25) is 0 Å². The van der Waals surface area contributed by atoms with E-state index in [4.69, 9.17) is 4.74 Å². The molecule has 0 spiro atoms. The number of nitrogens with one attached hydrogen (secondary N) is 1. The molecule has 1 saturated heterocycles. The van der Waals surface area contributed by atoms with Crippen LogP contribution in [0.4, 0.5) is 4.79 Å². The van der Waals surface area contributed by atoms with Crippen molar-refractivity contribution in [3.63, 3.8) is 0 Å². The molecule has 9 nitrogen and oxygen atoms in total. The number of carboxylic acids is 1. The molecule has 38 heavy (non-hydrogen) atoms. The number of aromatic carboxylic acids is 1. The fourth-order valence-corrected chi connectivity index (χ4v) is 5.03. The highest BCUT2D eigenvalue weighted by molar-refractivity contribution is 8.15. The van der Waals surface area contributed by atoms with Gasteiger partial charge in [-0.25, -0.2) is 9.48 Å². The summed E-state index contributed by atoms with van der Waals surface area (Å²) in [5.41, 5.74) is 4.58. The summed E-state index contributed by atoms with van der Waals surface area (Å²) in [7, 11) is 0. The molecule has 2 N–H and O–H groups in total. The van der Waals surface area contributed by atoms with Gasteiger partial charge in [0.2, 0.25) is 5.91 Å². The van der Waals surface area contributed by atoms with Crippen LogP contribution < -0.4 is 10.1 Å². The predicted octanol–water partition coefficient (Wildman–Crippen LogP) is 4.21. The van der Waals surface area contributed by atoms with Gasteiger partial charge in [-0.05, 0) is 46.9 Å². The first-order valence-electron chi connectivity index (χ1n) is 12.0. The zero-order chi connectivity index (χ0) is 26.5. The quantitative estimate of drug-likeness (QED) is 0.314. The Morgan fingerprint density at radius 2 is 1.74 bits per heavy atom. The second-order valence-corrected chi connectivity index (χ2v) is 9.96. The summed E-state index contributed by atoms with van der Waals surface area (Å²) in [6.07, 6.45) is 2.96. The van der Waals surface area contributed by atoms with Crippen molar-refractivity contribution in [2.45, 2.75) is 24.6 Å². The lowest BCUT2D eigenvalue weighted by atomic mass is 9.99. The van der Waals surface area contributed by atoms with Crippen molar-refractivity contribution in [1.29, 1.82) is 0 Å². The van der Waals surface area contributed by atoms with E-state index >= 15 is 0 Å². The largest absolute Gasteiger partial charge is 0.493 e. The van der Waals surface area contributed by atoms with E-state index in [1.54, 1.807) is 22.9 Å². The topological polar surface area (TPSA) is 123 Å². The Bertz CT molecular complexity index is 1470. The molecule has 1 aliphatic rings. The molecule has 0 radical (unpaired) electrons. The molecular weight excluding hydrogens is 504 g/mol. The molecule has 3 aromatic carbocycles. The number of carboxylic acid groups (broad SMARTS) is 1. The number of carbonyl (C=O) groups is 3. The third-order valence-electron chi connectivity index (χ3n) is 6.09. The van der Waals surface area contributed by atoms with Gasteiger partial charge in [-0.2, -0.15) is 0 Å². The fourth-order valence-electron chi connectivity index (χ4n) is 4.17. The Kier molecular flexibility index (Phi) is 7.50. The third kappa shape index (κ3) is 6.09. The molecule has 1 atom stereocenters. The van der Waals surface area contributed by atoms with Gasteiger partial charge in [0.1, 0.15) is 5.75 Å². The van der Waals surface area contributed by atoms with Crippen molar-refractivity contribution < 1.29 is 24.2 Å². The lowest BCUT2D eigenvalue weighted by Gasteiger charge is -2.08. The SMILES string of the molecule is O=C1NC(=O)C(Cc2ccc(OCCc3cn(Cc4ccc(-c5ccccc5C(=O)O)cc4)nn3)cc2)S1. The van der Waals surface area contributed by atoms with Crippen LogP contribution in [-0.4, -0.2) is 49.1 Å². The molecule has 5 rings (SSSR count). The average Bonchev–Trinajstić information content (AvgIpc) is 3.50. The number of ether oxygens (including phenoxy) is 1. The minimum atomic E-state index is -0.950. The van der Waals surface area contributed by atoms with E-state index in [9.17, 15) is 19.5 Å². The minimum Gasteiger partial charge on any atom is -0.493 e. The maximum atomic E-state index is 11.7. The summed E-state index contributed by atoms with van der Waals surface area (Å²) in [6.45, 7) is 0.976. The molecule has 1 aromatic heterocycles. The fraction of sp³-hybridized carbons (Fsp3) is 0.179. The number of thioether (sulfide) groups is 1. The van der Waals surface area contributed by atoms with Gasteiger partial charge >= 0.3 is 5.97 Å². The van der Waals surface area contributed by atoms with Gasteiger partial charge < -0.3 is 9.84 Å². The molecule has 10 heteroatoms. The number of nitrogens with zero attached hydrogens (tertiary/aromatic N) is 3. The van der Waals surface area contributed by atoms with Gasteiger partial charge in [0.15, 0.2) is 0 Å². The van der Waals surface area contributed by atoms with E-state index in [1.165, 1.54) is 0 Å². The predicted molar refractivity (Wildman–Crippen MR) is 142 cm³/mol. The minimum absolute atomic E-state index is 0.244. The number of amides is 2. The molecule has 1 aliphatic heterocycles. The highest BCUT2D eigenvalue weighted by Crippen LogP contribution is 2.25. The summed E-state index contributed by atoms with van der Waals surface area (Å²) in [5, 5.41) is 19.5. The van der Waals surface area contributed by atoms with Crippen LogP contribution in [-0.2, 0) is 24.2 Å². The Balaban J connectivity index is 1.11. The van der Waals surface area contributed by atoms with Crippen LogP contribution >= 0.6 is 11.8 Å². The lowest BCUT2D eigenvalue weighted by molar-refractivity contribution is -0.118. The maximum Gasteiger partial charge on any atom is 0.336 e.